The van der Waals surface area contributed by atoms with E-state index in [0.717, 1.165) is 54.2 Å². The van der Waals surface area contributed by atoms with E-state index in [-0.39, 0.29) is 0 Å². The minimum atomic E-state index is 0.308. The number of rotatable bonds is 2. The van der Waals surface area contributed by atoms with E-state index in [1.165, 1.54) is 5.69 Å². The number of anilines is 2. The smallest absolute Gasteiger partial charge is 0.224 e. The molecule has 5 nitrogen and oxygen atoms in total. The quantitative estimate of drug-likeness (QED) is 0.614. The van der Waals surface area contributed by atoms with Crippen LogP contribution in [0.4, 0.5) is 11.5 Å². The lowest BCUT2D eigenvalue weighted by molar-refractivity contribution is 0.646. The average molecular weight is 388 g/mol. The van der Waals surface area contributed by atoms with Crippen LogP contribution in [0.3, 0.4) is 0 Å². The highest BCUT2D eigenvalue weighted by molar-refractivity contribution is 6.31. The summed E-state index contributed by atoms with van der Waals surface area (Å²) in [7, 11) is 0. The molecule has 7 heteroatoms. The summed E-state index contributed by atoms with van der Waals surface area (Å²) in [5, 5.41) is 2.14. The lowest BCUT2D eigenvalue weighted by Gasteiger charge is -2.37. The first-order valence-electron chi connectivity index (χ1n) is 8.58. The van der Waals surface area contributed by atoms with E-state index < -0.39 is 0 Å². The minimum absolute atomic E-state index is 0.308. The van der Waals surface area contributed by atoms with Crippen molar-refractivity contribution >= 4 is 45.6 Å². The Morgan fingerprint density at radius 2 is 1.65 bits per heavy atom. The molecule has 3 heterocycles. The van der Waals surface area contributed by atoms with Crippen molar-refractivity contribution in [2.45, 2.75) is 13.8 Å². The number of hydrogen-bond donors (Lipinski definition) is 0. The summed E-state index contributed by atoms with van der Waals surface area (Å²) < 4.78 is 0. The van der Waals surface area contributed by atoms with Crippen LogP contribution in [0.1, 0.15) is 11.3 Å². The van der Waals surface area contributed by atoms with Crippen molar-refractivity contribution in [2.75, 3.05) is 36.0 Å². The van der Waals surface area contributed by atoms with Gasteiger partial charge in [0, 0.05) is 59.7 Å². The molecule has 1 fully saturated rings. The highest BCUT2D eigenvalue weighted by Gasteiger charge is 2.22. The molecular formula is C19H19Cl2N5. The van der Waals surface area contributed by atoms with Gasteiger partial charge in [-0.25, -0.2) is 9.97 Å². The summed E-state index contributed by atoms with van der Waals surface area (Å²) in [4.78, 5) is 17.8. The summed E-state index contributed by atoms with van der Waals surface area (Å²) in [6, 6.07) is 7.94. The Hall–Kier alpha value is -2.11. The largest absolute Gasteiger partial charge is 0.367 e. The predicted octanol–water partition coefficient (Wildman–Crippen LogP) is 4.28. The Kier molecular flexibility index (Phi) is 4.59. The van der Waals surface area contributed by atoms with E-state index in [0.29, 0.717) is 10.3 Å². The third kappa shape index (κ3) is 3.17. The number of halogens is 2. The molecule has 0 saturated carbocycles. The van der Waals surface area contributed by atoms with Crippen LogP contribution in [0.25, 0.3) is 10.9 Å². The van der Waals surface area contributed by atoms with Gasteiger partial charge in [0.2, 0.25) is 5.28 Å². The predicted molar refractivity (Wildman–Crippen MR) is 108 cm³/mol. The van der Waals surface area contributed by atoms with Gasteiger partial charge in [-0.15, -0.1) is 0 Å². The maximum atomic E-state index is 6.10. The molecule has 0 radical (unpaired) electrons. The lowest BCUT2D eigenvalue weighted by Crippen LogP contribution is -2.47. The Morgan fingerprint density at radius 1 is 0.923 bits per heavy atom. The lowest BCUT2D eigenvalue weighted by atomic mass is 10.1. The minimum Gasteiger partial charge on any atom is -0.367 e. The number of hydrogen-bond acceptors (Lipinski definition) is 5. The topological polar surface area (TPSA) is 45.2 Å². The summed E-state index contributed by atoms with van der Waals surface area (Å²) in [6.07, 6.45) is 1.85. The molecule has 134 valence electrons. The zero-order chi connectivity index (χ0) is 18.3. The van der Waals surface area contributed by atoms with Gasteiger partial charge in [-0.1, -0.05) is 11.6 Å². The number of pyridine rings is 1. The highest BCUT2D eigenvalue weighted by Crippen LogP contribution is 2.29. The number of fused-ring (bicyclic) bond motifs is 1. The fourth-order valence-electron chi connectivity index (χ4n) is 3.43. The molecule has 0 spiro atoms. The van der Waals surface area contributed by atoms with Crippen molar-refractivity contribution in [3.8, 4) is 0 Å². The number of aryl methyl sites for hydroxylation is 1. The van der Waals surface area contributed by atoms with Gasteiger partial charge in [-0.05, 0) is 49.7 Å². The summed E-state index contributed by atoms with van der Waals surface area (Å²) in [5.41, 5.74) is 4.14. The fraction of sp³-hybridized carbons (Fsp3) is 0.316. The first-order chi connectivity index (χ1) is 12.5. The standard InChI is InChI=1S/C19H19Cl2N5/c1-12-13(2)23-19(21)24-18(12)26-9-7-25(8-10-26)17-5-6-22-16-11-14(20)3-4-15(16)17/h3-6,11H,7-10H2,1-2H3. The second kappa shape index (κ2) is 6.89. The molecule has 3 aromatic rings. The fourth-order valence-corrected chi connectivity index (χ4v) is 3.80. The third-order valence-corrected chi connectivity index (χ3v) is 5.34. The van der Waals surface area contributed by atoms with Gasteiger partial charge in [-0.2, -0.15) is 0 Å². The molecule has 2 aromatic heterocycles. The summed E-state index contributed by atoms with van der Waals surface area (Å²) >= 11 is 12.2. The zero-order valence-corrected chi connectivity index (χ0v) is 16.2. The number of benzene rings is 1. The van der Waals surface area contributed by atoms with Crippen molar-refractivity contribution in [3.05, 3.63) is 52.0 Å². The van der Waals surface area contributed by atoms with Gasteiger partial charge in [-0.3, -0.25) is 4.98 Å². The second-order valence-electron chi connectivity index (χ2n) is 6.49. The molecule has 0 atom stereocenters. The van der Waals surface area contributed by atoms with Crippen molar-refractivity contribution in [1.82, 2.24) is 15.0 Å². The molecule has 0 unspecified atom stereocenters. The molecule has 0 bridgehead atoms. The maximum Gasteiger partial charge on any atom is 0.224 e. The van der Waals surface area contributed by atoms with E-state index >= 15 is 0 Å². The van der Waals surface area contributed by atoms with E-state index in [2.05, 4.69) is 30.8 Å². The molecule has 1 saturated heterocycles. The second-order valence-corrected chi connectivity index (χ2v) is 7.27. The van der Waals surface area contributed by atoms with Gasteiger partial charge < -0.3 is 9.80 Å². The first kappa shape index (κ1) is 17.3. The summed E-state index contributed by atoms with van der Waals surface area (Å²) in [6.45, 7) is 7.59. The molecule has 4 rings (SSSR count). The van der Waals surface area contributed by atoms with Crippen LogP contribution >= 0.6 is 23.2 Å². The molecule has 1 aliphatic heterocycles. The molecule has 0 N–H and O–H groups in total. The van der Waals surface area contributed by atoms with Crippen LogP contribution < -0.4 is 9.80 Å². The molecular weight excluding hydrogens is 369 g/mol. The van der Waals surface area contributed by atoms with E-state index in [1.54, 1.807) is 0 Å². The van der Waals surface area contributed by atoms with Crippen molar-refractivity contribution in [2.24, 2.45) is 0 Å². The molecule has 1 aromatic carbocycles. The van der Waals surface area contributed by atoms with Gasteiger partial charge in [0.1, 0.15) is 5.82 Å². The van der Waals surface area contributed by atoms with Crippen molar-refractivity contribution in [3.63, 3.8) is 0 Å². The average Bonchev–Trinajstić information content (AvgIpc) is 2.64. The van der Waals surface area contributed by atoms with Crippen LogP contribution in [0, 0.1) is 13.8 Å². The SMILES string of the molecule is Cc1nc(Cl)nc(N2CCN(c3ccnc4cc(Cl)ccc34)CC2)c1C. The van der Waals surface area contributed by atoms with Gasteiger partial charge in [0.05, 0.1) is 5.52 Å². The van der Waals surface area contributed by atoms with Gasteiger partial charge in [0.25, 0.3) is 0 Å². The van der Waals surface area contributed by atoms with Crippen molar-refractivity contribution < 1.29 is 0 Å². The zero-order valence-electron chi connectivity index (χ0n) is 14.7. The Labute approximate surface area is 162 Å². The van der Waals surface area contributed by atoms with Gasteiger partial charge in [0.15, 0.2) is 0 Å². The Balaban J connectivity index is 1.58. The first-order valence-corrected chi connectivity index (χ1v) is 9.33. The number of aromatic nitrogens is 3. The highest BCUT2D eigenvalue weighted by atomic mass is 35.5. The van der Waals surface area contributed by atoms with E-state index in [9.17, 15) is 0 Å². The van der Waals surface area contributed by atoms with Crippen LogP contribution in [-0.2, 0) is 0 Å². The molecule has 0 amide bonds. The Morgan fingerprint density at radius 3 is 2.42 bits per heavy atom. The normalized spacial score (nSPS) is 14.9. The molecule has 0 aliphatic carbocycles. The van der Waals surface area contributed by atoms with Crippen LogP contribution in [0.15, 0.2) is 30.5 Å². The van der Waals surface area contributed by atoms with E-state index in [1.807, 2.05) is 38.2 Å². The van der Waals surface area contributed by atoms with Crippen molar-refractivity contribution in [1.29, 1.82) is 0 Å². The van der Waals surface area contributed by atoms with E-state index in [4.69, 9.17) is 23.2 Å². The van der Waals surface area contributed by atoms with Crippen LogP contribution in [0.5, 0.6) is 0 Å². The number of piperazine rings is 1. The molecule has 1 aliphatic rings. The molecule has 26 heavy (non-hydrogen) atoms. The third-order valence-electron chi connectivity index (χ3n) is 4.94. The summed E-state index contributed by atoms with van der Waals surface area (Å²) in [5.74, 6) is 0.938. The Bertz CT molecular complexity index is 968. The monoisotopic (exact) mass is 387 g/mol. The van der Waals surface area contributed by atoms with Crippen LogP contribution in [-0.4, -0.2) is 41.1 Å². The number of nitrogens with zero attached hydrogens (tertiary/aromatic N) is 5. The van der Waals surface area contributed by atoms with Crippen LogP contribution in [0.2, 0.25) is 10.3 Å². The van der Waals surface area contributed by atoms with Gasteiger partial charge >= 0.3 is 0 Å². The maximum absolute atomic E-state index is 6.10.